The van der Waals surface area contributed by atoms with Gasteiger partial charge in [0.2, 0.25) is 0 Å². The van der Waals surface area contributed by atoms with Crippen molar-refractivity contribution in [2.45, 2.75) is 91.6 Å². The van der Waals surface area contributed by atoms with E-state index in [2.05, 4.69) is 77.5 Å². The summed E-state index contributed by atoms with van der Waals surface area (Å²) < 4.78 is 110. The number of aryl methyl sites for hydroxylation is 1. The van der Waals surface area contributed by atoms with Crippen LogP contribution in [-0.4, -0.2) is 148 Å². The molecule has 5 aromatic heterocycles. The predicted molar refractivity (Wildman–Crippen MR) is 407 cm³/mol. The molecule has 4 fully saturated rings. The third-order valence-corrected chi connectivity index (χ3v) is 18.6. The van der Waals surface area contributed by atoms with Crippen molar-refractivity contribution >= 4 is 107 Å². The summed E-state index contributed by atoms with van der Waals surface area (Å²) in [7, 11) is -0.770. The molecule has 4 aliphatic rings. The van der Waals surface area contributed by atoms with Gasteiger partial charge in [0.15, 0.2) is 27.9 Å². The van der Waals surface area contributed by atoms with Gasteiger partial charge in [0.1, 0.15) is 75.1 Å². The first-order chi connectivity index (χ1) is 51.2. The summed E-state index contributed by atoms with van der Waals surface area (Å²) in [6.45, 7) is 24.2. The molecule has 0 bridgehead atoms. The molecule has 4 saturated heterocycles. The highest BCUT2D eigenvalue weighted by Crippen LogP contribution is 2.34. The molecule has 4 atom stereocenters. The number of nitrogens with two attached hydrogens (primary N) is 1. The van der Waals surface area contributed by atoms with Gasteiger partial charge in [0.05, 0.1) is 31.8 Å². The van der Waals surface area contributed by atoms with Crippen LogP contribution in [0.3, 0.4) is 0 Å². The second kappa shape index (κ2) is 36.3. The summed E-state index contributed by atoms with van der Waals surface area (Å²) in [5.74, 6) is 5.60. The average molecular weight is 1520 g/mol. The Hall–Kier alpha value is -10.4. The Bertz CT molecular complexity index is 4940. The number of ether oxygens (including phenoxy) is 5. The van der Waals surface area contributed by atoms with Crippen molar-refractivity contribution in [1.29, 1.82) is 0 Å². The van der Waals surface area contributed by atoms with E-state index in [-0.39, 0.29) is 47.9 Å². The maximum absolute atomic E-state index is 13.1. The Morgan fingerprint density at radius 3 is 1.27 bits per heavy atom. The molecule has 0 radical (unpaired) electrons. The number of phenols is 1. The zero-order chi connectivity index (χ0) is 76.5. The fourth-order valence-corrected chi connectivity index (χ4v) is 12.3. The minimum atomic E-state index is -4.02. The number of aromatic hydroxyl groups is 1. The highest BCUT2D eigenvalue weighted by atomic mass is 35.5. The maximum Gasteiger partial charge on any atom is 0.407 e. The van der Waals surface area contributed by atoms with Gasteiger partial charge in [-0.15, -0.1) is 0 Å². The Morgan fingerprint density at radius 2 is 0.916 bits per heavy atom. The molecule has 572 valence electrons. The summed E-state index contributed by atoms with van der Waals surface area (Å²) in [5.41, 5.74) is 13.8. The van der Waals surface area contributed by atoms with Crippen LogP contribution in [-0.2, 0) is 14.9 Å². The van der Waals surface area contributed by atoms with Crippen molar-refractivity contribution in [3.63, 3.8) is 0 Å². The SMILES string of the molecule is CC1CCN(c2nc3ccc(O)cc3o2)C1.CC1CCN(c2nc3ccc(OC/C(=C/F)CN)cc3o2)C1.CC1CCN(c2nc3ccc(OC/C(=C/F)CNC(=O)OC(C)(C)C)cc3o2)C1.COc1ccc2nc(Cl)oc2c1.COc1ccc2nc(N3CCC(C)C3)oc2c1.Cc1ccc(S(=O)(=O)O)cc1. The van der Waals surface area contributed by atoms with E-state index in [0.29, 0.717) is 87.9 Å². The summed E-state index contributed by atoms with van der Waals surface area (Å²) in [6.07, 6.45) is 4.99. The number of benzene rings is 6. The molecular formula is C77H92ClF2N11O15S. The van der Waals surface area contributed by atoms with Gasteiger partial charge < -0.3 is 81.5 Å². The van der Waals surface area contributed by atoms with Crippen LogP contribution in [0.25, 0.3) is 55.5 Å². The highest BCUT2D eigenvalue weighted by molar-refractivity contribution is 7.85. The molecule has 1 amide bonds. The van der Waals surface area contributed by atoms with Gasteiger partial charge in [0.25, 0.3) is 39.5 Å². The van der Waals surface area contributed by atoms with E-state index >= 15 is 0 Å². The number of hydrogen-bond donors (Lipinski definition) is 4. The largest absolute Gasteiger partial charge is 0.508 e. The standard InChI is InChI=1S/C21H28FN3O4.C16H20FN3O2.C13H16N2O2.C12H14N2O2.C8H6ClNO2.C7H8O3S/c1-14-7-8-25(12-14)19-24-17-6-5-16(9-18(17)28-19)27-13-15(10-22)11-23-20(26)29-21(2,3)4;1-11-4-5-20(9-11)16-19-14-3-2-13(6-15(14)22-16)21-10-12(7-17)8-18;1-9-5-6-15(8-9)13-14-11-4-3-10(16-2)7-12(11)17-13;1-8-4-5-14(7-8)12-13-10-3-2-9(15)6-11(10)16-12;1-11-5-2-3-6-7(4-5)12-8(9)10-6;1-6-2-4-7(5-3-6)11(8,9)10/h5-6,9-10,14H,7-8,11-13H2,1-4H3,(H,23,26);2-3,6-7,11H,4-5,8-10,18H2,1H3;3-4,7,9H,5-6,8H2,1-2H3;2-3,6,8,15H,4-5,7H2,1H3;2-4H,1H3;2-5H,1H3,(H,8,9,10)/b15-10+;12-7+;;;;. The third-order valence-electron chi connectivity index (χ3n) is 17.6. The number of phenolic OH excluding ortho intramolecular Hbond substituents is 1. The molecule has 30 heteroatoms. The van der Waals surface area contributed by atoms with Gasteiger partial charge in [-0.2, -0.15) is 33.3 Å². The second-order valence-electron chi connectivity index (χ2n) is 27.9. The van der Waals surface area contributed by atoms with E-state index in [1.807, 2.05) is 37.3 Å². The number of carbonyl (C=O) groups is 1. The van der Waals surface area contributed by atoms with Crippen LogP contribution < -0.4 is 49.6 Å². The Balaban J connectivity index is 0.000000141. The smallest absolute Gasteiger partial charge is 0.407 e. The number of alkyl carbamates (subject to hydrolysis) is 1. The minimum Gasteiger partial charge on any atom is -0.508 e. The minimum absolute atomic E-state index is 0.00669. The fraction of sp³-hybridized carbons (Fsp3) is 0.403. The number of nitrogens with one attached hydrogen (secondary N) is 1. The summed E-state index contributed by atoms with van der Waals surface area (Å²) in [6, 6.07) is 35.5. The number of anilines is 4. The van der Waals surface area contributed by atoms with Crippen LogP contribution in [0.15, 0.2) is 166 Å². The van der Waals surface area contributed by atoms with Gasteiger partial charge in [-0.3, -0.25) is 4.55 Å². The number of aromatic nitrogens is 5. The molecule has 6 aromatic carbocycles. The topological polar surface area (TPSA) is 319 Å². The number of fused-ring (bicyclic) bond motifs is 5. The quantitative estimate of drug-likeness (QED) is 0.0653. The van der Waals surface area contributed by atoms with Crippen molar-refractivity contribution in [2.75, 3.05) is 112 Å². The van der Waals surface area contributed by atoms with Gasteiger partial charge in [0, 0.05) is 107 Å². The molecule has 11 aromatic rings. The lowest BCUT2D eigenvalue weighted by Gasteiger charge is -2.20. The number of oxazole rings is 5. The molecule has 5 N–H and O–H groups in total. The number of hydrogen-bond acceptors (Lipinski definition) is 24. The van der Waals surface area contributed by atoms with E-state index < -0.39 is 21.8 Å². The first kappa shape index (κ1) is 79.2. The van der Waals surface area contributed by atoms with Crippen molar-refractivity contribution in [3.05, 3.63) is 150 Å². The molecule has 26 nitrogen and oxygen atoms in total. The number of methoxy groups -OCH3 is 2. The molecule has 4 unspecified atom stereocenters. The number of halogens is 3. The first-order valence-electron chi connectivity index (χ1n) is 35.2. The van der Waals surface area contributed by atoms with Crippen molar-refractivity contribution in [2.24, 2.45) is 29.4 Å². The normalized spacial score (nSPS) is 17.4. The van der Waals surface area contributed by atoms with Crippen LogP contribution in [0.5, 0.6) is 28.7 Å². The van der Waals surface area contributed by atoms with Crippen LogP contribution >= 0.6 is 11.6 Å². The van der Waals surface area contributed by atoms with E-state index in [1.165, 1.54) is 25.0 Å². The number of nitrogens with zero attached hydrogens (tertiary/aromatic N) is 9. The maximum atomic E-state index is 13.1. The molecule has 0 saturated carbocycles. The van der Waals surface area contributed by atoms with Gasteiger partial charge in [-0.25, -0.2) is 13.6 Å². The van der Waals surface area contributed by atoms with Crippen molar-refractivity contribution < 1.29 is 77.4 Å². The third kappa shape index (κ3) is 22.6. The van der Waals surface area contributed by atoms with Gasteiger partial charge >= 0.3 is 6.09 Å². The lowest BCUT2D eigenvalue weighted by atomic mass is 10.2. The second-order valence-corrected chi connectivity index (χ2v) is 29.6. The van der Waals surface area contributed by atoms with Gasteiger partial charge in [-0.05, 0) is 161 Å². The lowest BCUT2D eigenvalue weighted by molar-refractivity contribution is 0.0531. The zero-order valence-electron chi connectivity index (χ0n) is 61.6. The van der Waals surface area contributed by atoms with Gasteiger partial charge in [-0.1, -0.05) is 45.4 Å². The first-order valence-corrected chi connectivity index (χ1v) is 37.0. The van der Waals surface area contributed by atoms with E-state index in [1.54, 1.807) is 108 Å². The molecule has 9 heterocycles. The number of carbonyl (C=O) groups excluding carboxylic acids is 1. The van der Waals surface area contributed by atoms with Crippen molar-refractivity contribution in [3.8, 4) is 28.7 Å². The van der Waals surface area contributed by atoms with Crippen LogP contribution in [0.4, 0.5) is 37.6 Å². The summed E-state index contributed by atoms with van der Waals surface area (Å²) in [4.78, 5) is 42.2. The van der Waals surface area contributed by atoms with Crippen LogP contribution in [0.1, 0.15) is 79.7 Å². The van der Waals surface area contributed by atoms with Crippen molar-refractivity contribution in [1.82, 2.24) is 30.2 Å². The Kier molecular flexibility index (Phi) is 26.9. The van der Waals surface area contributed by atoms with Crippen LogP contribution in [0, 0.1) is 30.6 Å². The lowest BCUT2D eigenvalue weighted by Crippen LogP contribution is -2.34. The Labute approximate surface area is 624 Å². The predicted octanol–water partition coefficient (Wildman–Crippen LogP) is 16.1. The molecular weight excluding hydrogens is 1420 g/mol. The summed E-state index contributed by atoms with van der Waals surface area (Å²) in [5, 5.41) is 12.0. The fourth-order valence-electron chi connectivity index (χ4n) is 11.7. The Morgan fingerprint density at radius 1 is 0.561 bits per heavy atom. The molecule has 107 heavy (non-hydrogen) atoms. The molecule has 4 aliphatic heterocycles. The average Bonchev–Trinajstić information content (AvgIpc) is 1.65. The van der Waals surface area contributed by atoms with E-state index in [9.17, 15) is 27.1 Å². The molecule has 15 rings (SSSR count). The van der Waals surface area contributed by atoms with E-state index in [4.69, 9.17) is 67.7 Å². The number of rotatable bonds is 16. The monoisotopic (exact) mass is 1520 g/mol. The van der Waals surface area contributed by atoms with E-state index in [0.717, 1.165) is 127 Å². The molecule has 0 spiro atoms. The summed E-state index contributed by atoms with van der Waals surface area (Å²) >= 11 is 5.56. The molecule has 0 aliphatic carbocycles. The highest BCUT2D eigenvalue weighted by Gasteiger charge is 2.27. The van der Waals surface area contributed by atoms with Crippen LogP contribution in [0.2, 0.25) is 5.35 Å². The zero-order valence-corrected chi connectivity index (χ0v) is 63.2. The number of amides is 1.